The third kappa shape index (κ3) is 1.32. The van der Waals surface area contributed by atoms with Crippen molar-refractivity contribution in [3.05, 3.63) is 0 Å². The number of hydrogen-bond acceptors (Lipinski definition) is 2. The minimum atomic E-state index is -0.514. The normalized spacial score (nSPS) is 41.8. The Balaban J connectivity index is 2.12. The van der Waals surface area contributed by atoms with Crippen LogP contribution in [-0.4, -0.2) is 19.0 Å². The molecule has 0 aromatic rings. The first-order valence-corrected chi connectivity index (χ1v) is 5.21. The minimum Gasteiger partial charge on any atom is -0.371 e. The van der Waals surface area contributed by atoms with Gasteiger partial charge in [0.05, 0.1) is 0 Å². The van der Waals surface area contributed by atoms with Gasteiger partial charge < -0.3 is 9.53 Å². The molecule has 2 rings (SSSR count). The van der Waals surface area contributed by atoms with Gasteiger partial charge in [-0.3, -0.25) is 0 Å². The number of rotatable bonds is 3. The highest BCUT2D eigenvalue weighted by molar-refractivity contribution is 5.62. The first-order chi connectivity index (χ1) is 6.19. The molecule has 2 heteroatoms. The van der Waals surface area contributed by atoms with E-state index in [1.165, 1.54) is 25.7 Å². The van der Waals surface area contributed by atoms with Crippen LogP contribution in [-0.2, 0) is 9.53 Å². The Hall–Kier alpha value is -0.370. The van der Waals surface area contributed by atoms with Crippen molar-refractivity contribution in [2.24, 2.45) is 17.8 Å². The van der Waals surface area contributed by atoms with Crippen molar-refractivity contribution in [1.29, 1.82) is 0 Å². The molecule has 74 valence electrons. The average Bonchev–Trinajstić information content (AvgIpc) is 2.77. The fourth-order valence-electron chi connectivity index (χ4n) is 3.23. The Bertz CT molecular complexity index is 214. The lowest BCUT2D eigenvalue weighted by Crippen LogP contribution is -2.41. The Labute approximate surface area is 79.7 Å². The fraction of sp³-hybridized carbons (Fsp3) is 0.909. The summed E-state index contributed by atoms with van der Waals surface area (Å²) in [6, 6.07) is 0. The van der Waals surface area contributed by atoms with E-state index in [9.17, 15) is 4.79 Å². The summed E-state index contributed by atoms with van der Waals surface area (Å²) in [5, 5.41) is 0. The molecule has 2 aliphatic rings. The van der Waals surface area contributed by atoms with Crippen molar-refractivity contribution in [2.75, 3.05) is 7.11 Å². The minimum absolute atomic E-state index is 0.480. The van der Waals surface area contributed by atoms with Gasteiger partial charge in [0.1, 0.15) is 5.60 Å². The smallest absolute Gasteiger partial charge is 0.151 e. The maximum atomic E-state index is 11.0. The van der Waals surface area contributed by atoms with E-state index in [0.29, 0.717) is 5.92 Å². The largest absolute Gasteiger partial charge is 0.371 e. The number of carbonyl (C=O) groups is 1. The van der Waals surface area contributed by atoms with Gasteiger partial charge >= 0.3 is 0 Å². The molecule has 2 saturated carbocycles. The number of ether oxygens (including phenoxy) is 1. The standard InChI is InChI=1S/C11H18O2/c1-11(7-12,13-2)10-6-8-3-4-9(10)5-8/h7-10H,3-6H2,1-2H3. The van der Waals surface area contributed by atoms with Crippen molar-refractivity contribution < 1.29 is 9.53 Å². The Morgan fingerprint density at radius 1 is 1.38 bits per heavy atom. The summed E-state index contributed by atoms with van der Waals surface area (Å²) in [7, 11) is 1.65. The number of hydrogen-bond donors (Lipinski definition) is 0. The maximum absolute atomic E-state index is 11.0. The van der Waals surface area contributed by atoms with Crippen molar-refractivity contribution in [3.8, 4) is 0 Å². The van der Waals surface area contributed by atoms with E-state index in [4.69, 9.17) is 4.74 Å². The van der Waals surface area contributed by atoms with Gasteiger partial charge in [-0.15, -0.1) is 0 Å². The molecule has 0 radical (unpaired) electrons. The Kier molecular flexibility index (Phi) is 2.18. The van der Waals surface area contributed by atoms with E-state index < -0.39 is 5.60 Å². The van der Waals surface area contributed by atoms with Gasteiger partial charge in [0, 0.05) is 7.11 Å². The topological polar surface area (TPSA) is 26.3 Å². The lowest BCUT2D eigenvalue weighted by molar-refractivity contribution is -0.134. The van der Waals surface area contributed by atoms with Crippen LogP contribution in [0.3, 0.4) is 0 Å². The lowest BCUT2D eigenvalue weighted by atomic mass is 9.78. The van der Waals surface area contributed by atoms with E-state index in [1.54, 1.807) is 7.11 Å². The summed E-state index contributed by atoms with van der Waals surface area (Å²) in [6.07, 6.45) is 6.21. The van der Waals surface area contributed by atoms with Crippen LogP contribution in [0.15, 0.2) is 0 Å². The second-order valence-corrected chi connectivity index (χ2v) is 4.79. The molecule has 2 aliphatic carbocycles. The molecule has 0 saturated heterocycles. The lowest BCUT2D eigenvalue weighted by Gasteiger charge is -2.34. The third-order valence-corrected chi connectivity index (χ3v) is 4.15. The molecular weight excluding hydrogens is 164 g/mol. The SMILES string of the molecule is COC(C)(C=O)C1CC2CCC1C2. The summed E-state index contributed by atoms with van der Waals surface area (Å²) in [5.74, 6) is 2.11. The van der Waals surface area contributed by atoms with Crippen molar-refractivity contribution in [1.82, 2.24) is 0 Å². The van der Waals surface area contributed by atoms with Gasteiger partial charge in [-0.05, 0) is 43.9 Å². The monoisotopic (exact) mass is 182 g/mol. The van der Waals surface area contributed by atoms with Crippen LogP contribution < -0.4 is 0 Å². The van der Waals surface area contributed by atoms with Gasteiger partial charge in [-0.1, -0.05) is 6.42 Å². The number of methoxy groups -OCH3 is 1. The zero-order chi connectivity index (χ0) is 9.47. The molecule has 2 nitrogen and oxygen atoms in total. The Morgan fingerprint density at radius 3 is 2.54 bits per heavy atom. The quantitative estimate of drug-likeness (QED) is 0.624. The summed E-state index contributed by atoms with van der Waals surface area (Å²) in [5.41, 5.74) is -0.514. The zero-order valence-electron chi connectivity index (χ0n) is 8.45. The number of aldehydes is 1. The predicted molar refractivity (Wildman–Crippen MR) is 50.4 cm³/mol. The molecule has 4 unspecified atom stereocenters. The summed E-state index contributed by atoms with van der Waals surface area (Å²) in [6.45, 7) is 1.94. The molecule has 0 N–H and O–H groups in total. The third-order valence-electron chi connectivity index (χ3n) is 4.15. The van der Waals surface area contributed by atoms with E-state index >= 15 is 0 Å². The molecule has 2 bridgehead atoms. The second-order valence-electron chi connectivity index (χ2n) is 4.79. The van der Waals surface area contributed by atoms with Gasteiger partial charge in [-0.25, -0.2) is 0 Å². The van der Waals surface area contributed by atoms with Crippen LogP contribution in [0.2, 0.25) is 0 Å². The van der Waals surface area contributed by atoms with E-state index in [1.807, 2.05) is 6.92 Å². The van der Waals surface area contributed by atoms with Crippen LogP contribution in [0.4, 0.5) is 0 Å². The summed E-state index contributed by atoms with van der Waals surface area (Å²) >= 11 is 0. The van der Waals surface area contributed by atoms with E-state index in [0.717, 1.165) is 18.1 Å². The van der Waals surface area contributed by atoms with Crippen LogP contribution in [0.5, 0.6) is 0 Å². The first-order valence-electron chi connectivity index (χ1n) is 5.21. The molecule has 4 atom stereocenters. The van der Waals surface area contributed by atoms with Crippen molar-refractivity contribution >= 4 is 6.29 Å². The highest BCUT2D eigenvalue weighted by atomic mass is 16.5. The van der Waals surface area contributed by atoms with Crippen LogP contribution in [0, 0.1) is 17.8 Å². The molecule has 0 amide bonds. The predicted octanol–water partition coefficient (Wildman–Crippen LogP) is 2.03. The zero-order valence-corrected chi connectivity index (χ0v) is 8.45. The molecule has 0 heterocycles. The molecule has 13 heavy (non-hydrogen) atoms. The highest BCUT2D eigenvalue weighted by Gasteiger charge is 2.48. The van der Waals surface area contributed by atoms with Crippen LogP contribution >= 0.6 is 0 Å². The molecule has 2 fully saturated rings. The van der Waals surface area contributed by atoms with Gasteiger partial charge in [0.15, 0.2) is 6.29 Å². The first kappa shape index (κ1) is 9.20. The van der Waals surface area contributed by atoms with Crippen molar-refractivity contribution in [3.63, 3.8) is 0 Å². The van der Waals surface area contributed by atoms with Crippen LogP contribution in [0.25, 0.3) is 0 Å². The Morgan fingerprint density at radius 2 is 2.15 bits per heavy atom. The number of fused-ring (bicyclic) bond motifs is 2. The molecule has 0 aliphatic heterocycles. The number of carbonyl (C=O) groups excluding carboxylic acids is 1. The fourth-order valence-corrected chi connectivity index (χ4v) is 3.23. The van der Waals surface area contributed by atoms with Crippen molar-refractivity contribution in [2.45, 2.75) is 38.2 Å². The summed E-state index contributed by atoms with van der Waals surface area (Å²) in [4.78, 5) is 11.0. The molecular formula is C11H18O2. The van der Waals surface area contributed by atoms with E-state index in [-0.39, 0.29) is 0 Å². The average molecular weight is 182 g/mol. The van der Waals surface area contributed by atoms with E-state index in [2.05, 4.69) is 0 Å². The maximum Gasteiger partial charge on any atom is 0.151 e. The molecule has 0 aromatic carbocycles. The van der Waals surface area contributed by atoms with Gasteiger partial charge in [0.2, 0.25) is 0 Å². The highest BCUT2D eigenvalue weighted by Crippen LogP contribution is 2.52. The summed E-state index contributed by atoms with van der Waals surface area (Å²) < 4.78 is 5.36. The molecule has 0 spiro atoms. The van der Waals surface area contributed by atoms with Gasteiger partial charge in [-0.2, -0.15) is 0 Å². The van der Waals surface area contributed by atoms with Crippen LogP contribution in [0.1, 0.15) is 32.6 Å². The van der Waals surface area contributed by atoms with Gasteiger partial charge in [0.25, 0.3) is 0 Å². The molecule has 0 aromatic heterocycles. The second kappa shape index (κ2) is 3.09.